The Bertz CT molecular complexity index is 903. The summed E-state index contributed by atoms with van der Waals surface area (Å²) >= 11 is 0. The van der Waals surface area contributed by atoms with E-state index in [9.17, 15) is 22.8 Å². The molecular formula is C19H15F3O5. The molecule has 8 heteroatoms. The number of hydrogen-bond donors (Lipinski definition) is 0. The minimum atomic E-state index is -4.77. The van der Waals surface area contributed by atoms with Crippen LogP contribution in [0.2, 0.25) is 0 Å². The van der Waals surface area contributed by atoms with Crippen molar-refractivity contribution in [2.75, 3.05) is 14.2 Å². The van der Waals surface area contributed by atoms with Crippen molar-refractivity contribution in [3.05, 3.63) is 53.1 Å². The van der Waals surface area contributed by atoms with Crippen LogP contribution >= 0.6 is 0 Å². The van der Waals surface area contributed by atoms with Crippen molar-refractivity contribution in [1.82, 2.24) is 0 Å². The van der Waals surface area contributed by atoms with Crippen molar-refractivity contribution < 1.29 is 37.0 Å². The molecular weight excluding hydrogens is 365 g/mol. The summed E-state index contributed by atoms with van der Waals surface area (Å²) in [4.78, 5) is 25.4. The monoisotopic (exact) mass is 380 g/mol. The van der Waals surface area contributed by atoms with Crippen LogP contribution < -0.4 is 0 Å². The van der Waals surface area contributed by atoms with Gasteiger partial charge >= 0.3 is 18.1 Å². The Morgan fingerprint density at radius 2 is 1.85 bits per heavy atom. The highest BCUT2D eigenvalue weighted by Crippen LogP contribution is 2.69. The second-order valence-corrected chi connectivity index (χ2v) is 6.62. The quantitative estimate of drug-likeness (QED) is 0.583. The minimum Gasteiger partial charge on any atom is -0.469 e. The normalized spacial score (nSPS) is 33.1. The largest absolute Gasteiger partial charge is 0.469 e. The van der Waals surface area contributed by atoms with E-state index in [-0.39, 0.29) is 5.56 Å². The van der Waals surface area contributed by atoms with Crippen LogP contribution in [0.4, 0.5) is 13.2 Å². The van der Waals surface area contributed by atoms with E-state index < -0.39 is 46.7 Å². The lowest BCUT2D eigenvalue weighted by Gasteiger charge is -2.47. The van der Waals surface area contributed by atoms with Gasteiger partial charge in [0.1, 0.15) is 16.9 Å². The Hall–Kier alpha value is -2.61. The standard InChI is InChI=1S/C19H15F3O5/c1-25-15(23)14-12-9-13(19(20,21)22)18(27-12)11-6-4-3-5-10(11)7-8-17(14,18)16(24)26-2/h3-9,12,14H,1-2H3/t12-,14-,17-,18+/m1/s1. The number of carbonyl (C=O) groups is 2. The van der Waals surface area contributed by atoms with Gasteiger partial charge in [-0.2, -0.15) is 13.2 Å². The van der Waals surface area contributed by atoms with Crippen LogP contribution in [0, 0.1) is 11.3 Å². The Balaban J connectivity index is 2.11. The van der Waals surface area contributed by atoms with Gasteiger partial charge in [-0.3, -0.25) is 9.59 Å². The van der Waals surface area contributed by atoms with Gasteiger partial charge in [-0.25, -0.2) is 0 Å². The molecule has 0 aromatic heterocycles. The molecule has 2 heterocycles. The van der Waals surface area contributed by atoms with E-state index in [0.717, 1.165) is 20.3 Å². The lowest BCUT2D eigenvalue weighted by atomic mass is 9.54. The number of esters is 2. The molecule has 5 nitrogen and oxygen atoms in total. The number of hydrogen-bond acceptors (Lipinski definition) is 5. The molecule has 0 radical (unpaired) electrons. The average molecular weight is 380 g/mol. The number of carbonyl (C=O) groups excluding carboxylic acids is 2. The van der Waals surface area contributed by atoms with Crippen LogP contribution in [0.3, 0.4) is 0 Å². The highest BCUT2D eigenvalue weighted by Gasteiger charge is 2.79. The van der Waals surface area contributed by atoms with Gasteiger partial charge in [-0.05, 0) is 17.2 Å². The summed E-state index contributed by atoms with van der Waals surface area (Å²) in [6, 6.07) is 6.32. The fourth-order valence-corrected chi connectivity index (χ4v) is 4.63. The summed E-state index contributed by atoms with van der Waals surface area (Å²) in [6.07, 6.45) is -2.36. The van der Waals surface area contributed by atoms with Crippen molar-refractivity contribution in [3.8, 4) is 0 Å². The molecule has 1 saturated heterocycles. The van der Waals surface area contributed by atoms with Crippen LogP contribution in [0.25, 0.3) is 6.08 Å². The van der Waals surface area contributed by atoms with Crippen LogP contribution in [-0.2, 0) is 29.4 Å². The number of ether oxygens (including phenoxy) is 3. The number of methoxy groups -OCH3 is 2. The highest BCUT2D eigenvalue weighted by molar-refractivity contribution is 5.94. The van der Waals surface area contributed by atoms with Gasteiger partial charge < -0.3 is 14.2 Å². The van der Waals surface area contributed by atoms with E-state index in [4.69, 9.17) is 14.2 Å². The topological polar surface area (TPSA) is 61.8 Å². The summed E-state index contributed by atoms with van der Waals surface area (Å²) < 4.78 is 57.4. The lowest BCUT2D eigenvalue weighted by Crippen LogP contribution is -2.58. The van der Waals surface area contributed by atoms with E-state index in [0.29, 0.717) is 5.56 Å². The summed E-state index contributed by atoms with van der Waals surface area (Å²) in [5.74, 6) is -3.12. The first-order valence-electron chi connectivity index (χ1n) is 8.16. The van der Waals surface area contributed by atoms with Crippen LogP contribution in [-0.4, -0.2) is 38.4 Å². The minimum absolute atomic E-state index is 0.162. The fourth-order valence-electron chi connectivity index (χ4n) is 4.63. The Labute approximate surface area is 152 Å². The molecule has 2 aliphatic heterocycles. The zero-order valence-corrected chi connectivity index (χ0v) is 14.4. The van der Waals surface area contributed by atoms with Crippen LogP contribution in [0.1, 0.15) is 11.1 Å². The summed E-state index contributed by atoms with van der Waals surface area (Å²) in [5, 5.41) is 0. The van der Waals surface area contributed by atoms with Crippen molar-refractivity contribution in [1.29, 1.82) is 0 Å². The van der Waals surface area contributed by atoms with Crippen molar-refractivity contribution in [2.24, 2.45) is 11.3 Å². The molecule has 1 aromatic carbocycles. The maximum atomic E-state index is 14.0. The second-order valence-electron chi connectivity index (χ2n) is 6.62. The molecule has 0 N–H and O–H groups in total. The zero-order chi connectivity index (χ0) is 19.6. The van der Waals surface area contributed by atoms with Gasteiger partial charge in [-0.1, -0.05) is 36.4 Å². The first kappa shape index (κ1) is 17.8. The molecule has 1 fully saturated rings. The van der Waals surface area contributed by atoms with E-state index in [1.54, 1.807) is 18.2 Å². The number of fused-ring (bicyclic) bond motifs is 2. The summed E-state index contributed by atoms with van der Waals surface area (Å²) in [7, 11) is 2.18. The smallest absolute Gasteiger partial charge is 0.415 e. The van der Waals surface area contributed by atoms with Gasteiger partial charge in [-0.15, -0.1) is 0 Å². The molecule has 1 aliphatic carbocycles. The Morgan fingerprint density at radius 1 is 1.15 bits per heavy atom. The SMILES string of the molecule is COC(=O)[C@H]1[C@H]2C=C(C(F)(F)F)[C@@]3(O2)c2ccccc2C=C[C@]13C(=O)OC. The van der Waals surface area contributed by atoms with E-state index in [2.05, 4.69) is 0 Å². The maximum absolute atomic E-state index is 14.0. The Morgan fingerprint density at radius 3 is 2.48 bits per heavy atom. The first-order valence-corrected chi connectivity index (χ1v) is 8.16. The maximum Gasteiger partial charge on any atom is 0.415 e. The van der Waals surface area contributed by atoms with Crippen LogP contribution in [0.15, 0.2) is 42.0 Å². The second kappa shape index (κ2) is 5.45. The lowest BCUT2D eigenvalue weighted by molar-refractivity contribution is -0.173. The molecule has 0 amide bonds. The third kappa shape index (κ3) is 1.93. The van der Waals surface area contributed by atoms with Gasteiger partial charge in [0.15, 0.2) is 0 Å². The number of benzene rings is 1. The number of rotatable bonds is 2. The molecule has 1 aromatic rings. The molecule has 0 unspecified atom stereocenters. The fraction of sp³-hybridized carbons (Fsp3) is 0.368. The van der Waals surface area contributed by atoms with E-state index >= 15 is 0 Å². The van der Waals surface area contributed by atoms with E-state index in [1.165, 1.54) is 18.2 Å². The van der Waals surface area contributed by atoms with Gasteiger partial charge in [0, 0.05) is 0 Å². The van der Waals surface area contributed by atoms with Crippen molar-refractivity contribution in [2.45, 2.75) is 17.9 Å². The first-order chi connectivity index (χ1) is 12.7. The molecule has 0 saturated carbocycles. The molecule has 142 valence electrons. The molecule has 27 heavy (non-hydrogen) atoms. The summed E-state index contributed by atoms with van der Waals surface area (Å²) in [5.41, 5.74) is -4.61. The number of halogens is 3. The molecule has 3 aliphatic rings. The van der Waals surface area contributed by atoms with E-state index in [1.807, 2.05) is 0 Å². The van der Waals surface area contributed by atoms with Crippen LogP contribution in [0.5, 0.6) is 0 Å². The van der Waals surface area contributed by atoms with Crippen molar-refractivity contribution >= 4 is 18.0 Å². The zero-order valence-electron chi connectivity index (χ0n) is 14.4. The predicted molar refractivity (Wildman–Crippen MR) is 86.1 cm³/mol. The van der Waals surface area contributed by atoms with Gasteiger partial charge in [0.05, 0.1) is 25.9 Å². The third-order valence-corrected chi connectivity index (χ3v) is 5.57. The predicted octanol–water partition coefficient (Wildman–Crippen LogP) is 2.76. The summed E-state index contributed by atoms with van der Waals surface area (Å²) in [6.45, 7) is 0. The highest BCUT2D eigenvalue weighted by atomic mass is 19.4. The molecule has 4 atom stereocenters. The Kier molecular flexibility index (Phi) is 3.59. The molecule has 1 spiro atoms. The third-order valence-electron chi connectivity index (χ3n) is 5.57. The molecule has 2 bridgehead atoms. The molecule has 4 rings (SSSR count). The van der Waals surface area contributed by atoms with Gasteiger partial charge in [0.2, 0.25) is 0 Å². The van der Waals surface area contributed by atoms with Gasteiger partial charge in [0.25, 0.3) is 0 Å². The average Bonchev–Trinajstić information content (AvgIpc) is 3.18. The van der Waals surface area contributed by atoms with Crippen molar-refractivity contribution in [3.63, 3.8) is 0 Å². The number of alkyl halides is 3.